The van der Waals surface area contributed by atoms with Gasteiger partial charge in [0.05, 0.1) is 11.9 Å². The number of nitrogens with zero attached hydrogens (tertiary/aromatic N) is 2. The molecule has 0 aliphatic heterocycles. The van der Waals surface area contributed by atoms with E-state index in [0.717, 1.165) is 0 Å². The highest BCUT2D eigenvalue weighted by Gasteiger charge is 2.14. The van der Waals surface area contributed by atoms with Crippen molar-refractivity contribution in [2.75, 3.05) is 11.1 Å². The number of nitrogens with two attached hydrogens (primary N) is 1. The van der Waals surface area contributed by atoms with Gasteiger partial charge in [0.25, 0.3) is 5.91 Å². The average Bonchev–Trinajstić information content (AvgIpc) is 2.58. The van der Waals surface area contributed by atoms with Crippen LogP contribution in [0.5, 0.6) is 5.75 Å². The Hall–Kier alpha value is -2.50. The highest BCUT2D eigenvalue weighted by atomic mass is 16.3. The molecule has 0 saturated carbocycles. The topological polar surface area (TPSA) is 93.2 Å². The smallest absolute Gasteiger partial charge is 0.276 e. The van der Waals surface area contributed by atoms with Crippen molar-refractivity contribution in [3.05, 3.63) is 36.2 Å². The van der Waals surface area contributed by atoms with Crippen molar-refractivity contribution < 1.29 is 9.90 Å². The number of carbonyl (C=O) groups is 1. The SMILES string of the molecule is Cn1ncc(N)c1C(=O)Nc1cccc(O)c1. The number of amides is 1. The summed E-state index contributed by atoms with van der Waals surface area (Å²) < 4.78 is 1.40. The van der Waals surface area contributed by atoms with E-state index in [2.05, 4.69) is 10.4 Å². The largest absolute Gasteiger partial charge is 0.508 e. The van der Waals surface area contributed by atoms with Gasteiger partial charge in [0.15, 0.2) is 0 Å². The van der Waals surface area contributed by atoms with Crippen LogP contribution < -0.4 is 11.1 Å². The van der Waals surface area contributed by atoms with E-state index in [4.69, 9.17) is 5.73 Å². The van der Waals surface area contributed by atoms with Crippen LogP contribution in [0, 0.1) is 0 Å². The molecule has 0 aliphatic rings. The second kappa shape index (κ2) is 4.17. The number of nitrogen functional groups attached to an aromatic ring is 1. The van der Waals surface area contributed by atoms with Crippen LogP contribution in [0.1, 0.15) is 10.5 Å². The number of rotatable bonds is 2. The number of phenolic OH excluding ortho intramolecular Hbond substituents is 1. The van der Waals surface area contributed by atoms with Gasteiger partial charge in [0.2, 0.25) is 0 Å². The number of benzene rings is 1. The van der Waals surface area contributed by atoms with Crippen molar-refractivity contribution in [2.24, 2.45) is 7.05 Å². The highest BCUT2D eigenvalue weighted by molar-refractivity contribution is 6.06. The fraction of sp³-hybridized carbons (Fsp3) is 0.0909. The molecular weight excluding hydrogens is 220 g/mol. The molecule has 1 heterocycles. The number of nitrogens with one attached hydrogen (secondary N) is 1. The molecule has 88 valence electrons. The van der Waals surface area contributed by atoms with Crippen molar-refractivity contribution in [3.8, 4) is 5.75 Å². The minimum Gasteiger partial charge on any atom is -0.508 e. The van der Waals surface area contributed by atoms with Crippen molar-refractivity contribution in [3.63, 3.8) is 0 Å². The van der Waals surface area contributed by atoms with E-state index < -0.39 is 0 Å². The molecule has 1 aromatic carbocycles. The van der Waals surface area contributed by atoms with E-state index in [1.54, 1.807) is 19.2 Å². The summed E-state index contributed by atoms with van der Waals surface area (Å²) in [6.07, 6.45) is 1.41. The predicted octanol–water partition coefficient (Wildman–Crippen LogP) is 0.960. The molecule has 1 amide bonds. The summed E-state index contributed by atoms with van der Waals surface area (Å²) in [7, 11) is 1.63. The maximum Gasteiger partial charge on any atom is 0.276 e. The molecule has 0 aliphatic carbocycles. The monoisotopic (exact) mass is 232 g/mol. The normalized spacial score (nSPS) is 10.2. The average molecular weight is 232 g/mol. The molecule has 0 saturated heterocycles. The number of hydrogen-bond acceptors (Lipinski definition) is 4. The van der Waals surface area contributed by atoms with Crippen LogP contribution in [-0.4, -0.2) is 20.8 Å². The number of hydrogen-bond donors (Lipinski definition) is 3. The summed E-state index contributed by atoms with van der Waals surface area (Å²) in [5.41, 5.74) is 6.72. The zero-order valence-electron chi connectivity index (χ0n) is 9.21. The molecule has 6 nitrogen and oxygen atoms in total. The Morgan fingerprint density at radius 3 is 2.88 bits per heavy atom. The van der Waals surface area contributed by atoms with Crippen LogP contribution in [0.2, 0.25) is 0 Å². The number of phenols is 1. The van der Waals surface area contributed by atoms with Gasteiger partial charge >= 0.3 is 0 Å². The third-order valence-corrected chi connectivity index (χ3v) is 2.29. The quantitative estimate of drug-likeness (QED) is 0.719. The lowest BCUT2D eigenvalue weighted by molar-refractivity contribution is 0.101. The Morgan fingerprint density at radius 2 is 2.29 bits per heavy atom. The molecule has 0 atom stereocenters. The molecule has 0 unspecified atom stereocenters. The molecule has 4 N–H and O–H groups in total. The lowest BCUT2D eigenvalue weighted by Gasteiger charge is -2.06. The molecule has 0 radical (unpaired) electrons. The number of aryl methyl sites for hydroxylation is 1. The molecule has 2 aromatic rings. The Morgan fingerprint density at radius 1 is 1.53 bits per heavy atom. The lowest BCUT2D eigenvalue weighted by Crippen LogP contribution is -2.17. The Balaban J connectivity index is 2.23. The first kappa shape index (κ1) is 11.0. The first-order valence-corrected chi connectivity index (χ1v) is 4.96. The number of anilines is 2. The first-order chi connectivity index (χ1) is 8.08. The molecule has 0 bridgehead atoms. The van der Waals surface area contributed by atoms with Gasteiger partial charge in [0, 0.05) is 18.8 Å². The van der Waals surface area contributed by atoms with Crippen LogP contribution in [0.25, 0.3) is 0 Å². The van der Waals surface area contributed by atoms with Crippen molar-refractivity contribution in [2.45, 2.75) is 0 Å². The van der Waals surface area contributed by atoms with E-state index in [0.29, 0.717) is 11.4 Å². The van der Waals surface area contributed by atoms with E-state index in [9.17, 15) is 9.90 Å². The Kier molecular flexibility index (Phi) is 2.70. The van der Waals surface area contributed by atoms with E-state index >= 15 is 0 Å². The standard InChI is InChI=1S/C11H12N4O2/c1-15-10(9(12)6-13-15)11(17)14-7-3-2-4-8(16)5-7/h2-6,16H,12H2,1H3,(H,14,17). The summed E-state index contributed by atoms with van der Waals surface area (Å²) in [6.45, 7) is 0. The lowest BCUT2D eigenvalue weighted by atomic mass is 10.3. The second-order valence-electron chi connectivity index (χ2n) is 3.58. The number of aromatic hydroxyl groups is 1. The third kappa shape index (κ3) is 2.20. The van der Waals surface area contributed by atoms with E-state index in [1.165, 1.54) is 23.0 Å². The van der Waals surface area contributed by atoms with Crippen molar-refractivity contribution in [1.29, 1.82) is 0 Å². The van der Waals surface area contributed by atoms with Gasteiger partial charge in [-0.3, -0.25) is 9.48 Å². The molecule has 2 rings (SSSR count). The summed E-state index contributed by atoms with van der Waals surface area (Å²) in [4.78, 5) is 11.9. The van der Waals surface area contributed by atoms with Gasteiger partial charge in [-0.15, -0.1) is 0 Å². The maximum atomic E-state index is 11.9. The van der Waals surface area contributed by atoms with Crippen LogP contribution in [0.4, 0.5) is 11.4 Å². The van der Waals surface area contributed by atoms with Gasteiger partial charge in [0.1, 0.15) is 11.4 Å². The van der Waals surface area contributed by atoms with E-state index in [1.807, 2.05) is 0 Å². The minimum absolute atomic E-state index is 0.0841. The fourth-order valence-corrected chi connectivity index (χ4v) is 1.51. The molecular formula is C11H12N4O2. The predicted molar refractivity (Wildman–Crippen MR) is 63.7 cm³/mol. The molecule has 0 spiro atoms. The highest BCUT2D eigenvalue weighted by Crippen LogP contribution is 2.17. The Bertz CT molecular complexity index is 543. The van der Waals surface area contributed by atoms with Gasteiger partial charge < -0.3 is 16.2 Å². The fourth-order valence-electron chi connectivity index (χ4n) is 1.51. The molecule has 17 heavy (non-hydrogen) atoms. The minimum atomic E-state index is -0.367. The zero-order valence-corrected chi connectivity index (χ0v) is 9.21. The summed E-state index contributed by atoms with van der Waals surface area (Å²) in [5.74, 6) is -0.283. The van der Waals surface area contributed by atoms with Crippen LogP contribution >= 0.6 is 0 Å². The Labute approximate surface area is 97.7 Å². The first-order valence-electron chi connectivity index (χ1n) is 4.96. The molecule has 0 fully saturated rings. The molecule has 1 aromatic heterocycles. The van der Waals surface area contributed by atoms with Crippen molar-refractivity contribution in [1.82, 2.24) is 9.78 Å². The summed E-state index contributed by atoms with van der Waals surface area (Å²) >= 11 is 0. The molecule has 6 heteroatoms. The van der Waals surface area contributed by atoms with Gasteiger partial charge in [-0.1, -0.05) is 6.07 Å². The van der Waals surface area contributed by atoms with E-state index in [-0.39, 0.29) is 17.4 Å². The number of aromatic nitrogens is 2. The van der Waals surface area contributed by atoms with Gasteiger partial charge in [-0.2, -0.15) is 5.10 Å². The van der Waals surface area contributed by atoms with Gasteiger partial charge in [-0.25, -0.2) is 0 Å². The number of carbonyl (C=O) groups excluding carboxylic acids is 1. The third-order valence-electron chi connectivity index (χ3n) is 2.29. The van der Waals surface area contributed by atoms with Gasteiger partial charge in [-0.05, 0) is 12.1 Å². The van der Waals surface area contributed by atoms with Crippen LogP contribution in [0.15, 0.2) is 30.5 Å². The summed E-state index contributed by atoms with van der Waals surface area (Å²) in [5, 5.41) is 15.8. The van der Waals surface area contributed by atoms with Crippen LogP contribution in [-0.2, 0) is 7.05 Å². The zero-order chi connectivity index (χ0) is 12.4. The summed E-state index contributed by atoms with van der Waals surface area (Å²) in [6, 6.07) is 6.28. The second-order valence-corrected chi connectivity index (χ2v) is 3.58. The van der Waals surface area contributed by atoms with Crippen LogP contribution in [0.3, 0.4) is 0 Å². The maximum absolute atomic E-state index is 11.9. The van der Waals surface area contributed by atoms with Crippen molar-refractivity contribution >= 4 is 17.3 Å².